The first-order chi connectivity index (χ1) is 3.88. The third-order valence-electron chi connectivity index (χ3n) is 1.47. The lowest BCUT2D eigenvalue weighted by Crippen LogP contribution is -2.16. The van der Waals surface area contributed by atoms with Gasteiger partial charge in [-0.05, 0) is 12.8 Å². The molecule has 0 aromatic carbocycles. The fourth-order valence-electron chi connectivity index (χ4n) is 0.732. The Balaban J connectivity index is 2.62. The highest BCUT2D eigenvalue weighted by Crippen LogP contribution is 2.28. The Morgan fingerprint density at radius 3 is 2.62 bits per heavy atom. The maximum Gasteiger partial charge on any atom is 0.127 e. The zero-order valence-electron chi connectivity index (χ0n) is 4.39. The molecule has 0 aliphatic heterocycles. The van der Waals surface area contributed by atoms with E-state index in [2.05, 4.69) is 0 Å². The number of carbonyl (C=O) groups is 1. The molecule has 2 heteroatoms. The summed E-state index contributed by atoms with van der Waals surface area (Å²) in [7, 11) is 0. The maximum atomic E-state index is 9.96. The van der Waals surface area contributed by atoms with E-state index in [1.54, 1.807) is 5.94 Å². The molecule has 42 valence electrons. The van der Waals surface area contributed by atoms with Gasteiger partial charge >= 0.3 is 0 Å². The van der Waals surface area contributed by atoms with Crippen molar-refractivity contribution in [1.82, 2.24) is 0 Å². The first-order valence-electron chi connectivity index (χ1n) is 2.57. The van der Waals surface area contributed by atoms with Crippen molar-refractivity contribution < 1.29 is 9.59 Å². The lowest BCUT2D eigenvalue weighted by atomic mass is 9.82. The summed E-state index contributed by atoms with van der Waals surface area (Å²) < 4.78 is 0. The Kier molecular flexibility index (Phi) is 1.27. The lowest BCUT2D eigenvalue weighted by molar-refractivity contribution is -0.111. The first-order valence-corrected chi connectivity index (χ1v) is 2.57. The number of carbonyl (C=O) groups excluding carboxylic acids is 2. The average molecular weight is 110 g/mol. The zero-order chi connectivity index (χ0) is 5.98. The molecule has 1 rings (SSSR count). The standard InChI is InChI=1S/C6H6O2/c7-3-5-1-2-6(5)4-8/h3,5H,1-2H2. The molecule has 0 aromatic heterocycles. The van der Waals surface area contributed by atoms with Crippen LogP contribution in [0.2, 0.25) is 0 Å². The highest BCUT2D eigenvalue weighted by Gasteiger charge is 2.23. The van der Waals surface area contributed by atoms with Crippen LogP contribution in [0.1, 0.15) is 12.8 Å². The molecule has 0 N–H and O–H groups in total. The summed E-state index contributed by atoms with van der Waals surface area (Å²) in [6.07, 6.45) is 2.42. The summed E-state index contributed by atoms with van der Waals surface area (Å²) in [5, 5.41) is 0. The average Bonchev–Trinajstić information content (AvgIpc) is 1.66. The molecule has 1 saturated carbocycles. The van der Waals surface area contributed by atoms with Crippen molar-refractivity contribution in [3.63, 3.8) is 0 Å². The van der Waals surface area contributed by atoms with E-state index < -0.39 is 0 Å². The van der Waals surface area contributed by atoms with Crippen LogP contribution >= 0.6 is 0 Å². The van der Waals surface area contributed by atoms with E-state index in [9.17, 15) is 9.59 Å². The number of hydrogen-bond acceptors (Lipinski definition) is 2. The van der Waals surface area contributed by atoms with Gasteiger partial charge in [0, 0.05) is 11.5 Å². The Labute approximate surface area is 47.2 Å². The first kappa shape index (κ1) is 5.26. The summed E-state index contributed by atoms with van der Waals surface area (Å²) >= 11 is 0. The van der Waals surface area contributed by atoms with Crippen LogP contribution in [-0.2, 0) is 9.59 Å². The normalized spacial score (nSPS) is 26.0. The van der Waals surface area contributed by atoms with E-state index in [0.717, 1.165) is 19.1 Å². The minimum absolute atomic E-state index is 0.0903. The van der Waals surface area contributed by atoms with Gasteiger partial charge in [0.1, 0.15) is 12.2 Å². The molecule has 1 aliphatic rings. The smallest absolute Gasteiger partial charge is 0.127 e. The van der Waals surface area contributed by atoms with Crippen molar-refractivity contribution in [3.8, 4) is 0 Å². The fourth-order valence-corrected chi connectivity index (χ4v) is 0.732. The van der Waals surface area contributed by atoms with E-state index >= 15 is 0 Å². The van der Waals surface area contributed by atoms with Gasteiger partial charge in [-0.25, -0.2) is 4.79 Å². The third kappa shape index (κ3) is 0.592. The minimum atomic E-state index is -0.0903. The monoisotopic (exact) mass is 110 g/mol. The van der Waals surface area contributed by atoms with Crippen molar-refractivity contribution in [2.45, 2.75) is 12.8 Å². The van der Waals surface area contributed by atoms with Gasteiger partial charge in [-0.15, -0.1) is 0 Å². The molecular weight excluding hydrogens is 104 g/mol. The maximum absolute atomic E-state index is 9.96. The molecule has 0 spiro atoms. The van der Waals surface area contributed by atoms with Gasteiger partial charge in [0.15, 0.2) is 0 Å². The molecule has 1 fully saturated rings. The number of hydrogen-bond donors (Lipinski definition) is 0. The molecule has 1 aliphatic carbocycles. The topological polar surface area (TPSA) is 34.1 Å². The van der Waals surface area contributed by atoms with Gasteiger partial charge in [-0.3, -0.25) is 0 Å². The van der Waals surface area contributed by atoms with E-state index in [1.807, 2.05) is 0 Å². The summed E-state index contributed by atoms with van der Waals surface area (Å²) in [4.78, 5) is 19.8. The van der Waals surface area contributed by atoms with Gasteiger partial charge in [0.2, 0.25) is 0 Å². The van der Waals surface area contributed by atoms with Crippen molar-refractivity contribution in [3.05, 3.63) is 5.57 Å². The van der Waals surface area contributed by atoms with E-state index in [4.69, 9.17) is 0 Å². The highest BCUT2D eigenvalue weighted by atomic mass is 16.1. The molecule has 0 bridgehead atoms. The van der Waals surface area contributed by atoms with Crippen molar-refractivity contribution in [2.75, 3.05) is 0 Å². The van der Waals surface area contributed by atoms with Crippen LogP contribution in [0.5, 0.6) is 0 Å². The molecule has 2 nitrogen and oxygen atoms in total. The van der Waals surface area contributed by atoms with Gasteiger partial charge in [-0.1, -0.05) is 0 Å². The molecule has 0 heterocycles. The van der Waals surface area contributed by atoms with Gasteiger partial charge in [0.25, 0.3) is 0 Å². The quantitative estimate of drug-likeness (QED) is 0.360. The van der Waals surface area contributed by atoms with Crippen LogP contribution in [-0.4, -0.2) is 12.2 Å². The van der Waals surface area contributed by atoms with Gasteiger partial charge < -0.3 is 4.79 Å². The highest BCUT2D eigenvalue weighted by molar-refractivity contribution is 5.70. The van der Waals surface area contributed by atoms with Crippen LogP contribution < -0.4 is 0 Å². The molecular formula is C6H6O2. The van der Waals surface area contributed by atoms with Crippen molar-refractivity contribution >= 4 is 12.2 Å². The van der Waals surface area contributed by atoms with Crippen LogP contribution in [0.4, 0.5) is 0 Å². The Morgan fingerprint density at radius 2 is 2.50 bits per heavy atom. The Hall–Kier alpha value is -0.880. The second kappa shape index (κ2) is 1.93. The SMILES string of the molecule is O=C=C1CCC1C=O. The second-order valence-electron chi connectivity index (χ2n) is 1.91. The van der Waals surface area contributed by atoms with Crippen LogP contribution in [0.25, 0.3) is 0 Å². The predicted molar refractivity (Wildman–Crippen MR) is 28.0 cm³/mol. The number of aldehydes is 1. The molecule has 8 heavy (non-hydrogen) atoms. The summed E-state index contributed by atoms with van der Waals surface area (Å²) in [5.41, 5.74) is 0.639. The molecule has 0 radical (unpaired) electrons. The molecule has 0 amide bonds. The molecule has 0 saturated heterocycles. The van der Waals surface area contributed by atoms with Crippen LogP contribution in [0.3, 0.4) is 0 Å². The molecule has 1 atom stereocenters. The van der Waals surface area contributed by atoms with Gasteiger partial charge in [-0.2, -0.15) is 0 Å². The largest absolute Gasteiger partial charge is 0.303 e. The number of allylic oxidation sites excluding steroid dienone is 1. The summed E-state index contributed by atoms with van der Waals surface area (Å²) in [6, 6.07) is 0. The van der Waals surface area contributed by atoms with Gasteiger partial charge in [0.05, 0.1) is 0 Å². The van der Waals surface area contributed by atoms with Crippen molar-refractivity contribution in [2.24, 2.45) is 5.92 Å². The third-order valence-corrected chi connectivity index (χ3v) is 1.47. The Morgan fingerprint density at radius 1 is 1.75 bits per heavy atom. The fraction of sp³-hybridized carbons (Fsp3) is 0.500. The summed E-state index contributed by atoms with van der Waals surface area (Å²) in [5.74, 6) is 1.65. The summed E-state index contributed by atoms with van der Waals surface area (Å²) in [6.45, 7) is 0. The molecule has 1 unspecified atom stereocenters. The van der Waals surface area contributed by atoms with E-state index in [-0.39, 0.29) is 5.92 Å². The molecule has 0 aromatic rings. The zero-order valence-corrected chi connectivity index (χ0v) is 4.39. The van der Waals surface area contributed by atoms with Crippen LogP contribution in [0.15, 0.2) is 5.57 Å². The van der Waals surface area contributed by atoms with Crippen LogP contribution in [0, 0.1) is 5.92 Å². The lowest BCUT2D eigenvalue weighted by Gasteiger charge is -2.19. The predicted octanol–water partition coefficient (Wildman–Crippen LogP) is 0.353. The second-order valence-corrected chi connectivity index (χ2v) is 1.91. The minimum Gasteiger partial charge on any atom is -0.303 e. The van der Waals surface area contributed by atoms with Crippen molar-refractivity contribution in [1.29, 1.82) is 0 Å². The van der Waals surface area contributed by atoms with E-state index in [0.29, 0.717) is 5.57 Å². The number of rotatable bonds is 1. The van der Waals surface area contributed by atoms with E-state index in [1.165, 1.54) is 0 Å². The Bertz CT molecular complexity index is 154.